The van der Waals surface area contributed by atoms with Gasteiger partial charge in [0.1, 0.15) is 11.6 Å². The third-order valence-electron chi connectivity index (χ3n) is 6.16. The smallest absolute Gasteiger partial charge is 0.416 e. The standard InChI is InChI=1S/C27H26F3N3O4/c28-27(29,30)21-5-1-3-19(13-21)14-25(34)32-22-7-8-24(31-16-22)33-11-9-18(10-12-33)17-37-23-6-2-4-20(15-23)26(35)36/h1-8,13,15-16,18H,9-12,14,17H2,(H,32,34)(H,35,36). The Balaban J connectivity index is 1.24. The number of amides is 1. The Hall–Kier alpha value is -4.08. The molecule has 194 valence electrons. The average Bonchev–Trinajstić information content (AvgIpc) is 2.88. The molecule has 3 aromatic rings. The summed E-state index contributed by atoms with van der Waals surface area (Å²) in [6.07, 6.45) is -1.33. The molecule has 2 heterocycles. The van der Waals surface area contributed by atoms with Crippen LogP contribution in [-0.2, 0) is 17.4 Å². The summed E-state index contributed by atoms with van der Waals surface area (Å²) < 4.78 is 44.4. The van der Waals surface area contributed by atoms with E-state index < -0.39 is 23.6 Å². The van der Waals surface area contributed by atoms with E-state index >= 15 is 0 Å². The Bertz CT molecular complexity index is 1240. The lowest BCUT2D eigenvalue weighted by atomic mass is 9.98. The summed E-state index contributed by atoms with van der Waals surface area (Å²) in [5.74, 6) is 0.217. The van der Waals surface area contributed by atoms with E-state index in [2.05, 4.69) is 15.2 Å². The van der Waals surface area contributed by atoms with Crippen LogP contribution in [0.1, 0.15) is 34.3 Å². The van der Waals surface area contributed by atoms with Gasteiger partial charge in [-0.3, -0.25) is 4.79 Å². The van der Waals surface area contributed by atoms with Crippen molar-refractivity contribution in [2.45, 2.75) is 25.4 Å². The Morgan fingerprint density at radius 1 is 1.05 bits per heavy atom. The van der Waals surface area contributed by atoms with Gasteiger partial charge in [0.2, 0.25) is 5.91 Å². The van der Waals surface area contributed by atoms with Gasteiger partial charge in [0.15, 0.2) is 0 Å². The lowest BCUT2D eigenvalue weighted by Crippen LogP contribution is -2.36. The lowest BCUT2D eigenvalue weighted by Gasteiger charge is -2.32. The quantitative estimate of drug-likeness (QED) is 0.426. The number of benzene rings is 2. The molecule has 0 bridgehead atoms. The van der Waals surface area contributed by atoms with Crippen molar-refractivity contribution in [3.63, 3.8) is 0 Å². The fourth-order valence-corrected chi connectivity index (χ4v) is 4.16. The van der Waals surface area contributed by atoms with Crippen molar-refractivity contribution < 1.29 is 32.6 Å². The minimum atomic E-state index is -4.46. The van der Waals surface area contributed by atoms with Crippen molar-refractivity contribution in [2.75, 3.05) is 29.9 Å². The lowest BCUT2D eigenvalue weighted by molar-refractivity contribution is -0.137. The van der Waals surface area contributed by atoms with Gasteiger partial charge in [0, 0.05) is 13.1 Å². The molecule has 1 aliphatic rings. The number of carbonyl (C=O) groups is 2. The molecule has 0 saturated carbocycles. The SMILES string of the molecule is O=C(Cc1cccc(C(F)(F)F)c1)Nc1ccc(N2CCC(COc3cccc(C(=O)O)c3)CC2)nc1. The zero-order valence-corrected chi connectivity index (χ0v) is 19.9. The van der Waals surface area contributed by atoms with Gasteiger partial charge in [-0.05, 0) is 60.7 Å². The predicted octanol–water partition coefficient (Wildman–Crippen LogP) is 5.28. The van der Waals surface area contributed by atoms with Crippen LogP contribution in [0.5, 0.6) is 5.75 Å². The number of pyridine rings is 1. The van der Waals surface area contributed by atoms with Crippen LogP contribution in [0, 0.1) is 5.92 Å². The molecule has 7 nitrogen and oxygen atoms in total. The number of aromatic nitrogens is 1. The van der Waals surface area contributed by atoms with Crippen molar-refractivity contribution in [2.24, 2.45) is 5.92 Å². The van der Waals surface area contributed by atoms with Gasteiger partial charge in [-0.1, -0.05) is 24.3 Å². The van der Waals surface area contributed by atoms with Crippen LogP contribution in [0.25, 0.3) is 0 Å². The van der Waals surface area contributed by atoms with Gasteiger partial charge in [-0.15, -0.1) is 0 Å². The maximum atomic E-state index is 12.9. The Labute approximate surface area is 211 Å². The zero-order chi connectivity index (χ0) is 26.4. The van der Waals surface area contributed by atoms with Gasteiger partial charge in [-0.25, -0.2) is 9.78 Å². The van der Waals surface area contributed by atoms with E-state index in [-0.39, 0.29) is 17.5 Å². The number of aromatic carboxylic acids is 1. The largest absolute Gasteiger partial charge is 0.493 e. The Morgan fingerprint density at radius 2 is 1.81 bits per heavy atom. The average molecular weight is 514 g/mol. The third kappa shape index (κ3) is 7.22. The Kier molecular flexibility index (Phi) is 7.95. The third-order valence-corrected chi connectivity index (χ3v) is 6.16. The second-order valence-electron chi connectivity index (χ2n) is 8.90. The number of carboxylic acids is 1. The van der Waals surface area contributed by atoms with Crippen LogP contribution in [0.3, 0.4) is 0 Å². The first-order chi connectivity index (χ1) is 17.7. The number of anilines is 2. The monoisotopic (exact) mass is 513 g/mol. The van der Waals surface area contributed by atoms with Crippen molar-refractivity contribution in [1.29, 1.82) is 0 Å². The summed E-state index contributed by atoms with van der Waals surface area (Å²) in [6, 6.07) is 14.7. The van der Waals surface area contributed by atoms with Crippen molar-refractivity contribution >= 4 is 23.4 Å². The van der Waals surface area contributed by atoms with Gasteiger partial charge < -0.3 is 20.1 Å². The maximum Gasteiger partial charge on any atom is 0.416 e. The molecule has 0 atom stereocenters. The number of alkyl halides is 3. The second-order valence-corrected chi connectivity index (χ2v) is 8.90. The number of nitrogens with zero attached hydrogens (tertiary/aromatic N) is 2. The highest BCUT2D eigenvalue weighted by molar-refractivity contribution is 5.92. The highest BCUT2D eigenvalue weighted by Gasteiger charge is 2.30. The fourth-order valence-electron chi connectivity index (χ4n) is 4.16. The van der Waals surface area contributed by atoms with E-state index in [9.17, 15) is 22.8 Å². The highest BCUT2D eigenvalue weighted by atomic mass is 19.4. The van der Waals surface area contributed by atoms with Crippen LogP contribution in [-0.4, -0.2) is 41.7 Å². The first-order valence-corrected chi connectivity index (χ1v) is 11.8. The molecule has 1 fully saturated rings. The number of ether oxygens (including phenoxy) is 1. The number of rotatable bonds is 8. The van der Waals surface area contributed by atoms with E-state index in [0.29, 0.717) is 24.0 Å². The number of hydrogen-bond acceptors (Lipinski definition) is 5. The summed E-state index contributed by atoms with van der Waals surface area (Å²) >= 11 is 0. The molecule has 0 radical (unpaired) electrons. The molecule has 1 saturated heterocycles. The number of carbonyl (C=O) groups excluding carboxylic acids is 1. The maximum absolute atomic E-state index is 12.9. The summed E-state index contributed by atoms with van der Waals surface area (Å²) in [4.78, 5) is 30.0. The van der Waals surface area contributed by atoms with Gasteiger partial charge in [0.05, 0.1) is 36.0 Å². The van der Waals surface area contributed by atoms with Crippen LogP contribution < -0.4 is 15.0 Å². The van der Waals surface area contributed by atoms with Crippen LogP contribution in [0.4, 0.5) is 24.7 Å². The first kappa shape index (κ1) is 26.0. The molecular formula is C27H26F3N3O4. The van der Waals surface area contributed by atoms with E-state index in [1.165, 1.54) is 30.5 Å². The predicted molar refractivity (Wildman–Crippen MR) is 132 cm³/mol. The zero-order valence-electron chi connectivity index (χ0n) is 19.9. The van der Waals surface area contributed by atoms with E-state index in [1.54, 1.807) is 24.3 Å². The molecule has 10 heteroatoms. The number of nitrogens with one attached hydrogen (secondary N) is 1. The fraction of sp³-hybridized carbons (Fsp3) is 0.296. The molecule has 37 heavy (non-hydrogen) atoms. The van der Waals surface area contributed by atoms with E-state index in [0.717, 1.165) is 43.9 Å². The van der Waals surface area contributed by atoms with Crippen molar-refractivity contribution in [3.05, 3.63) is 83.6 Å². The van der Waals surface area contributed by atoms with Crippen molar-refractivity contribution in [3.8, 4) is 5.75 Å². The summed E-state index contributed by atoms with van der Waals surface area (Å²) in [5.41, 5.74) is 0.145. The molecule has 1 aliphatic heterocycles. The summed E-state index contributed by atoms with van der Waals surface area (Å²) in [7, 11) is 0. The first-order valence-electron chi connectivity index (χ1n) is 11.8. The molecule has 2 aromatic carbocycles. The molecule has 1 amide bonds. The molecule has 2 N–H and O–H groups in total. The molecule has 4 rings (SSSR count). The van der Waals surface area contributed by atoms with Crippen LogP contribution in [0.2, 0.25) is 0 Å². The van der Waals surface area contributed by atoms with Crippen LogP contribution >= 0.6 is 0 Å². The van der Waals surface area contributed by atoms with Gasteiger partial charge in [-0.2, -0.15) is 13.2 Å². The molecule has 0 spiro atoms. The molecular weight excluding hydrogens is 487 g/mol. The van der Waals surface area contributed by atoms with E-state index in [1.807, 2.05) is 0 Å². The summed E-state index contributed by atoms with van der Waals surface area (Å²) in [5, 5.41) is 11.8. The Morgan fingerprint density at radius 3 is 2.49 bits per heavy atom. The van der Waals surface area contributed by atoms with Gasteiger partial charge in [0.25, 0.3) is 0 Å². The van der Waals surface area contributed by atoms with Crippen LogP contribution in [0.15, 0.2) is 66.9 Å². The number of carboxylic acid groups (broad SMARTS) is 1. The second kappa shape index (κ2) is 11.3. The molecule has 1 aromatic heterocycles. The minimum Gasteiger partial charge on any atom is -0.493 e. The van der Waals surface area contributed by atoms with E-state index in [4.69, 9.17) is 9.84 Å². The highest BCUT2D eigenvalue weighted by Crippen LogP contribution is 2.30. The number of halogens is 3. The number of piperidine rings is 1. The molecule has 0 unspecified atom stereocenters. The normalized spacial score (nSPS) is 14.3. The number of hydrogen-bond donors (Lipinski definition) is 2. The molecule has 0 aliphatic carbocycles. The topological polar surface area (TPSA) is 91.8 Å². The van der Waals surface area contributed by atoms with Gasteiger partial charge >= 0.3 is 12.1 Å². The van der Waals surface area contributed by atoms with Crippen molar-refractivity contribution in [1.82, 2.24) is 4.98 Å². The minimum absolute atomic E-state index is 0.179. The summed E-state index contributed by atoms with van der Waals surface area (Å²) in [6.45, 7) is 2.05.